The van der Waals surface area contributed by atoms with Gasteiger partial charge in [0, 0.05) is 12.7 Å². The summed E-state index contributed by atoms with van der Waals surface area (Å²) in [6.07, 6.45) is 0. The lowest BCUT2D eigenvalue weighted by Gasteiger charge is -2.12. The largest absolute Gasteiger partial charge is 0.394 e. The van der Waals surface area contributed by atoms with Crippen molar-refractivity contribution in [2.24, 2.45) is 11.5 Å². The second-order valence-electron chi connectivity index (χ2n) is 3.38. The van der Waals surface area contributed by atoms with E-state index in [1.807, 2.05) is 0 Å². The number of rotatable bonds is 7. The van der Waals surface area contributed by atoms with Gasteiger partial charge in [-0.25, -0.2) is 9.59 Å². The Hall–Kier alpha value is -1.16. The fourth-order valence-corrected chi connectivity index (χ4v) is 1.54. The third-order valence-electron chi connectivity index (χ3n) is 1.72. The molecule has 0 aliphatic rings. The standard InChI is InChI=1S/C9H17N3O5S/c1-5(14)12-4-18-3-7(11)9(16)17-8(15)6(10)2-13/h6-7,13H,2-4,10-11H2,1H3,(H,12,14)/t6-,7-/m0/s1. The Morgan fingerprint density at radius 2 is 1.83 bits per heavy atom. The van der Waals surface area contributed by atoms with Crippen LogP contribution in [0.25, 0.3) is 0 Å². The third kappa shape index (κ3) is 7.22. The minimum absolute atomic E-state index is 0.181. The number of amides is 1. The molecule has 0 fully saturated rings. The van der Waals surface area contributed by atoms with Crippen molar-refractivity contribution in [1.29, 1.82) is 0 Å². The summed E-state index contributed by atoms with van der Waals surface area (Å²) in [4.78, 5) is 32.9. The number of carbonyl (C=O) groups is 3. The van der Waals surface area contributed by atoms with Crippen molar-refractivity contribution in [2.45, 2.75) is 19.0 Å². The maximum atomic E-state index is 11.3. The molecule has 0 aliphatic carbocycles. The molecule has 0 saturated carbocycles. The summed E-state index contributed by atoms with van der Waals surface area (Å²) in [5.74, 6) is -1.65. The highest BCUT2D eigenvalue weighted by Crippen LogP contribution is 2.01. The minimum Gasteiger partial charge on any atom is -0.394 e. The van der Waals surface area contributed by atoms with Crippen molar-refractivity contribution in [3.05, 3.63) is 0 Å². The number of aliphatic hydroxyl groups is 1. The summed E-state index contributed by atoms with van der Waals surface area (Å²) in [6, 6.07) is -2.26. The topological polar surface area (TPSA) is 145 Å². The van der Waals surface area contributed by atoms with Crippen LogP contribution < -0.4 is 16.8 Å². The van der Waals surface area contributed by atoms with Gasteiger partial charge in [0.15, 0.2) is 0 Å². The fraction of sp³-hybridized carbons (Fsp3) is 0.667. The van der Waals surface area contributed by atoms with E-state index in [-0.39, 0.29) is 11.7 Å². The molecule has 0 rings (SSSR count). The number of ether oxygens (including phenoxy) is 1. The number of nitrogens with one attached hydrogen (secondary N) is 1. The normalized spacial score (nSPS) is 13.6. The van der Waals surface area contributed by atoms with Gasteiger partial charge in [-0.3, -0.25) is 4.79 Å². The van der Waals surface area contributed by atoms with E-state index in [1.54, 1.807) is 0 Å². The first-order valence-corrected chi connectivity index (χ1v) is 6.23. The summed E-state index contributed by atoms with van der Waals surface area (Å²) >= 11 is 1.21. The summed E-state index contributed by atoms with van der Waals surface area (Å²) in [5, 5.41) is 11.1. The maximum absolute atomic E-state index is 11.3. The Morgan fingerprint density at radius 1 is 1.28 bits per heavy atom. The highest BCUT2D eigenvalue weighted by molar-refractivity contribution is 7.99. The van der Waals surface area contributed by atoms with Crippen LogP contribution in [0.3, 0.4) is 0 Å². The Kier molecular flexibility index (Phi) is 8.29. The van der Waals surface area contributed by atoms with E-state index in [2.05, 4.69) is 10.1 Å². The molecule has 0 unspecified atom stereocenters. The highest BCUT2D eigenvalue weighted by atomic mass is 32.2. The maximum Gasteiger partial charge on any atom is 0.332 e. The zero-order chi connectivity index (χ0) is 14.1. The number of carbonyl (C=O) groups excluding carboxylic acids is 3. The molecule has 0 aromatic heterocycles. The van der Waals surface area contributed by atoms with E-state index in [1.165, 1.54) is 18.7 Å². The van der Waals surface area contributed by atoms with E-state index >= 15 is 0 Å². The van der Waals surface area contributed by atoms with Crippen molar-refractivity contribution in [2.75, 3.05) is 18.2 Å². The summed E-state index contributed by atoms with van der Waals surface area (Å²) in [5.41, 5.74) is 10.6. The van der Waals surface area contributed by atoms with Gasteiger partial charge in [-0.2, -0.15) is 0 Å². The van der Waals surface area contributed by atoms with Gasteiger partial charge in [0.1, 0.15) is 12.1 Å². The van der Waals surface area contributed by atoms with Gasteiger partial charge in [-0.05, 0) is 0 Å². The Labute approximate surface area is 108 Å². The number of aliphatic hydroxyl groups excluding tert-OH is 1. The van der Waals surface area contributed by atoms with Crippen LogP contribution in [0.4, 0.5) is 0 Å². The Bertz CT molecular complexity index is 313. The zero-order valence-electron chi connectivity index (χ0n) is 9.92. The van der Waals surface area contributed by atoms with Crippen molar-refractivity contribution in [3.63, 3.8) is 0 Å². The zero-order valence-corrected chi connectivity index (χ0v) is 10.7. The molecule has 9 heteroatoms. The second kappa shape index (κ2) is 8.86. The minimum atomic E-state index is -1.26. The molecule has 2 atom stereocenters. The van der Waals surface area contributed by atoms with Gasteiger partial charge < -0.3 is 26.6 Å². The predicted octanol–water partition coefficient (Wildman–Crippen LogP) is -2.47. The molecule has 0 aromatic carbocycles. The predicted molar refractivity (Wildman–Crippen MR) is 65.3 cm³/mol. The molecule has 0 heterocycles. The summed E-state index contributed by atoms with van der Waals surface area (Å²) < 4.78 is 4.35. The molecule has 0 radical (unpaired) electrons. The molecule has 0 spiro atoms. The molecule has 18 heavy (non-hydrogen) atoms. The molecular formula is C9H17N3O5S. The number of hydrogen-bond acceptors (Lipinski definition) is 8. The van der Waals surface area contributed by atoms with Crippen molar-refractivity contribution in [3.8, 4) is 0 Å². The van der Waals surface area contributed by atoms with Gasteiger partial charge in [0.2, 0.25) is 5.91 Å². The van der Waals surface area contributed by atoms with Crippen molar-refractivity contribution >= 4 is 29.6 Å². The lowest BCUT2D eigenvalue weighted by molar-refractivity contribution is -0.161. The molecule has 0 aliphatic heterocycles. The lowest BCUT2D eigenvalue weighted by atomic mass is 10.3. The van der Waals surface area contributed by atoms with Crippen LogP contribution in [0, 0.1) is 0 Å². The number of hydrogen-bond donors (Lipinski definition) is 4. The SMILES string of the molecule is CC(=O)NCSC[C@H](N)C(=O)OC(=O)[C@@H](N)CO. The average Bonchev–Trinajstić information content (AvgIpc) is 2.32. The molecular weight excluding hydrogens is 262 g/mol. The van der Waals surface area contributed by atoms with Crippen molar-refractivity contribution < 1.29 is 24.2 Å². The highest BCUT2D eigenvalue weighted by Gasteiger charge is 2.22. The Balaban J connectivity index is 3.89. The Morgan fingerprint density at radius 3 is 2.33 bits per heavy atom. The van der Waals surface area contributed by atoms with Crippen LogP contribution in [-0.4, -0.2) is 53.3 Å². The van der Waals surface area contributed by atoms with E-state index in [4.69, 9.17) is 16.6 Å². The molecule has 0 aromatic rings. The first kappa shape index (κ1) is 16.8. The first-order chi connectivity index (χ1) is 8.38. The first-order valence-electron chi connectivity index (χ1n) is 5.08. The lowest BCUT2D eigenvalue weighted by Crippen LogP contribution is -2.42. The van der Waals surface area contributed by atoms with Gasteiger partial charge in [0.25, 0.3) is 0 Å². The molecule has 1 amide bonds. The quantitative estimate of drug-likeness (QED) is 0.174. The van der Waals surface area contributed by atoms with E-state index in [0.29, 0.717) is 5.88 Å². The number of nitrogens with two attached hydrogens (primary N) is 2. The van der Waals surface area contributed by atoms with Crippen LogP contribution in [0.5, 0.6) is 0 Å². The number of esters is 2. The summed E-state index contributed by atoms with van der Waals surface area (Å²) in [7, 11) is 0. The number of thioether (sulfide) groups is 1. The van der Waals surface area contributed by atoms with Crippen LogP contribution in [0.15, 0.2) is 0 Å². The second-order valence-corrected chi connectivity index (χ2v) is 4.41. The average molecular weight is 279 g/mol. The van der Waals surface area contributed by atoms with Gasteiger partial charge >= 0.3 is 11.9 Å². The van der Waals surface area contributed by atoms with Gasteiger partial charge in [-0.15, -0.1) is 11.8 Å². The van der Waals surface area contributed by atoms with Crippen LogP contribution in [-0.2, 0) is 19.1 Å². The van der Waals surface area contributed by atoms with Crippen LogP contribution in [0.2, 0.25) is 0 Å². The van der Waals surface area contributed by atoms with E-state index in [9.17, 15) is 14.4 Å². The summed E-state index contributed by atoms with van der Waals surface area (Å²) in [6.45, 7) is 0.752. The molecule has 6 N–H and O–H groups in total. The van der Waals surface area contributed by atoms with Crippen LogP contribution in [0.1, 0.15) is 6.92 Å². The van der Waals surface area contributed by atoms with E-state index < -0.39 is 30.6 Å². The molecule has 104 valence electrons. The fourth-order valence-electron chi connectivity index (χ4n) is 0.732. The molecule has 0 bridgehead atoms. The van der Waals surface area contributed by atoms with Gasteiger partial charge in [0.05, 0.1) is 12.5 Å². The smallest absolute Gasteiger partial charge is 0.332 e. The van der Waals surface area contributed by atoms with Crippen molar-refractivity contribution in [1.82, 2.24) is 5.32 Å². The van der Waals surface area contributed by atoms with E-state index in [0.717, 1.165) is 0 Å². The third-order valence-corrected chi connectivity index (χ3v) is 2.67. The molecule has 8 nitrogen and oxygen atoms in total. The monoisotopic (exact) mass is 279 g/mol. The van der Waals surface area contributed by atoms with Crippen LogP contribution >= 0.6 is 11.8 Å². The molecule has 0 saturated heterocycles. The van der Waals surface area contributed by atoms with Gasteiger partial charge in [-0.1, -0.05) is 0 Å².